The first-order valence-corrected chi connectivity index (χ1v) is 7.02. The van der Waals surface area contributed by atoms with Gasteiger partial charge in [-0.1, -0.05) is 50.3 Å². The monoisotopic (exact) mass is 274 g/mol. The van der Waals surface area contributed by atoms with E-state index in [1.807, 2.05) is 24.3 Å². The molecule has 0 aliphatic heterocycles. The second-order valence-electron chi connectivity index (χ2n) is 4.74. The average molecular weight is 274 g/mol. The van der Waals surface area contributed by atoms with Gasteiger partial charge in [0.15, 0.2) is 5.78 Å². The highest BCUT2D eigenvalue weighted by molar-refractivity contribution is 6.09. The van der Waals surface area contributed by atoms with Crippen molar-refractivity contribution in [3.05, 3.63) is 47.5 Å². The minimum absolute atomic E-state index is 0.0412. The maximum atomic E-state index is 12.5. The number of ketones is 1. The molecule has 0 aromatic heterocycles. The molecule has 1 aromatic carbocycles. The fourth-order valence-corrected chi connectivity index (χ4v) is 1.95. The molecule has 20 heavy (non-hydrogen) atoms. The molecule has 0 saturated carbocycles. The van der Waals surface area contributed by atoms with Crippen molar-refractivity contribution in [2.24, 2.45) is 5.92 Å². The highest BCUT2D eigenvalue weighted by Gasteiger charge is 2.15. The first kappa shape index (κ1) is 16.2. The Labute approximate surface area is 120 Å². The minimum atomic E-state index is -0.374. The van der Waals surface area contributed by atoms with Crippen molar-refractivity contribution in [3.63, 3.8) is 0 Å². The van der Waals surface area contributed by atoms with E-state index in [9.17, 15) is 9.59 Å². The van der Waals surface area contributed by atoms with Crippen molar-refractivity contribution in [2.45, 2.75) is 33.6 Å². The Balaban J connectivity index is 2.97. The highest BCUT2D eigenvalue weighted by atomic mass is 16.5. The van der Waals surface area contributed by atoms with Crippen molar-refractivity contribution < 1.29 is 14.3 Å². The third kappa shape index (κ3) is 5.00. The summed E-state index contributed by atoms with van der Waals surface area (Å²) in [6, 6.07) is 9.07. The number of Topliss-reactive ketones (excluding diaryl/α,β-unsaturated/α-hetero) is 1. The fourth-order valence-electron chi connectivity index (χ4n) is 1.95. The van der Waals surface area contributed by atoms with E-state index in [4.69, 9.17) is 4.74 Å². The summed E-state index contributed by atoms with van der Waals surface area (Å²) < 4.78 is 5.01. The zero-order valence-electron chi connectivity index (χ0n) is 12.4. The zero-order chi connectivity index (χ0) is 15.0. The number of esters is 1. The molecule has 3 nitrogen and oxygen atoms in total. The smallest absolute Gasteiger partial charge is 0.302 e. The van der Waals surface area contributed by atoms with Crippen molar-refractivity contribution in [1.82, 2.24) is 0 Å². The number of hydrogen-bond donors (Lipinski definition) is 0. The van der Waals surface area contributed by atoms with Crippen molar-refractivity contribution in [3.8, 4) is 0 Å². The van der Waals surface area contributed by atoms with Crippen LogP contribution >= 0.6 is 0 Å². The topological polar surface area (TPSA) is 43.4 Å². The number of carbonyl (C=O) groups excluding carboxylic acids is 2. The molecule has 1 aromatic rings. The quantitative estimate of drug-likeness (QED) is 0.431. The summed E-state index contributed by atoms with van der Waals surface area (Å²) in [5.74, 6) is -0.117. The molecule has 3 heteroatoms. The predicted octanol–water partition coefficient (Wildman–Crippen LogP) is 3.80. The Morgan fingerprint density at radius 1 is 1.15 bits per heavy atom. The first-order chi connectivity index (χ1) is 9.58. The number of ether oxygens (including phenoxy) is 1. The molecule has 108 valence electrons. The zero-order valence-corrected chi connectivity index (χ0v) is 12.4. The van der Waals surface area contributed by atoms with Crippen LogP contribution in [0.1, 0.15) is 44.0 Å². The molecule has 0 N–H and O–H groups in total. The molecule has 0 radical (unpaired) electrons. The van der Waals surface area contributed by atoms with Crippen LogP contribution in [-0.4, -0.2) is 18.4 Å². The maximum Gasteiger partial charge on any atom is 0.302 e. The third-order valence-corrected chi connectivity index (χ3v) is 3.24. The summed E-state index contributed by atoms with van der Waals surface area (Å²) in [7, 11) is 0. The standard InChI is InChI=1S/C17H22O3/c1-4-14(5-2)11-16(12-20-13(3)18)17(19)15-9-7-6-8-10-15/h6-11,14H,4-5,12H2,1-3H3/b16-11+. The lowest BCUT2D eigenvalue weighted by Gasteiger charge is -2.12. The molecule has 0 amide bonds. The summed E-state index contributed by atoms with van der Waals surface area (Å²) >= 11 is 0. The highest BCUT2D eigenvalue weighted by Crippen LogP contribution is 2.16. The summed E-state index contributed by atoms with van der Waals surface area (Å²) in [5.41, 5.74) is 1.18. The number of hydrogen-bond acceptors (Lipinski definition) is 3. The van der Waals surface area contributed by atoms with Crippen LogP contribution in [0.5, 0.6) is 0 Å². The van der Waals surface area contributed by atoms with Crippen LogP contribution < -0.4 is 0 Å². The summed E-state index contributed by atoms with van der Waals surface area (Å²) in [6.07, 6.45) is 3.86. The lowest BCUT2D eigenvalue weighted by Crippen LogP contribution is -2.13. The molecular formula is C17H22O3. The van der Waals surface area contributed by atoms with E-state index in [-0.39, 0.29) is 18.4 Å². The minimum Gasteiger partial charge on any atom is -0.461 e. The second-order valence-corrected chi connectivity index (χ2v) is 4.74. The molecule has 0 spiro atoms. The van der Waals surface area contributed by atoms with E-state index < -0.39 is 0 Å². The normalized spacial score (nSPS) is 11.5. The molecule has 0 atom stereocenters. The predicted molar refractivity (Wildman–Crippen MR) is 79.6 cm³/mol. The molecular weight excluding hydrogens is 252 g/mol. The molecule has 0 saturated heterocycles. The SMILES string of the molecule is CCC(/C=C(\COC(C)=O)C(=O)c1ccccc1)CC. The van der Waals surface area contributed by atoms with E-state index in [1.165, 1.54) is 6.92 Å². The summed E-state index contributed by atoms with van der Waals surface area (Å²) in [6.45, 7) is 5.56. The average Bonchev–Trinajstić information content (AvgIpc) is 2.47. The van der Waals surface area contributed by atoms with Gasteiger partial charge in [0.25, 0.3) is 0 Å². The third-order valence-electron chi connectivity index (χ3n) is 3.24. The summed E-state index contributed by atoms with van der Waals surface area (Å²) in [5, 5.41) is 0. The largest absolute Gasteiger partial charge is 0.461 e. The Morgan fingerprint density at radius 2 is 1.75 bits per heavy atom. The van der Waals surface area contributed by atoms with E-state index in [1.54, 1.807) is 12.1 Å². The van der Waals surface area contributed by atoms with Gasteiger partial charge in [0.2, 0.25) is 0 Å². The second kappa shape index (κ2) is 8.31. The molecule has 0 unspecified atom stereocenters. The first-order valence-electron chi connectivity index (χ1n) is 7.02. The van der Waals surface area contributed by atoms with Gasteiger partial charge < -0.3 is 4.74 Å². The van der Waals surface area contributed by atoms with E-state index >= 15 is 0 Å². The lowest BCUT2D eigenvalue weighted by molar-refractivity contribution is -0.139. The van der Waals surface area contributed by atoms with Gasteiger partial charge in [0.1, 0.15) is 6.61 Å². The molecule has 0 aliphatic rings. The number of benzene rings is 1. The van der Waals surface area contributed by atoms with Crippen LogP contribution in [0.3, 0.4) is 0 Å². The molecule has 0 heterocycles. The van der Waals surface area contributed by atoms with Gasteiger partial charge in [0, 0.05) is 18.1 Å². The van der Waals surface area contributed by atoms with Crippen molar-refractivity contribution in [2.75, 3.05) is 6.61 Å². The van der Waals surface area contributed by atoms with Crippen LogP contribution in [0.15, 0.2) is 42.0 Å². The number of rotatable bonds is 7. The Hall–Kier alpha value is -1.90. The van der Waals surface area contributed by atoms with Gasteiger partial charge in [-0.25, -0.2) is 0 Å². The van der Waals surface area contributed by atoms with Gasteiger partial charge >= 0.3 is 5.97 Å². The number of allylic oxidation sites excluding steroid dienone is 1. The van der Waals surface area contributed by atoms with Gasteiger partial charge in [-0.15, -0.1) is 0 Å². The van der Waals surface area contributed by atoms with Crippen LogP contribution in [0.4, 0.5) is 0 Å². The maximum absolute atomic E-state index is 12.5. The molecule has 0 fully saturated rings. The molecule has 1 rings (SSSR count). The molecule has 0 aliphatic carbocycles. The van der Waals surface area contributed by atoms with E-state index in [0.29, 0.717) is 17.1 Å². The van der Waals surface area contributed by atoms with Gasteiger partial charge in [0.05, 0.1) is 0 Å². The van der Waals surface area contributed by atoms with Crippen LogP contribution in [0, 0.1) is 5.92 Å². The van der Waals surface area contributed by atoms with E-state index in [2.05, 4.69) is 13.8 Å². The van der Waals surface area contributed by atoms with Gasteiger partial charge in [-0.05, 0) is 18.8 Å². The van der Waals surface area contributed by atoms with E-state index in [0.717, 1.165) is 12.8 Å². The van der Waals surface area contributed by atoms with Gasteiger partial charge in [-0.2, -0.15) is 0 Å². The van der Waals surface area contributed by atoms with Crippen molar-refractivity contribution in [1.29, 1.82) is 0 Å². The summed E-state index contributed by atoms with van der Waals surface area (Å²) in [4.78, 5) is 23.4. The Bertz CT molecular complexity index is 470. The van der Waals surface area contributed by atoms with Crippen molar-refractivity contribution >= 4 is 11.8 Å². The van der Waals surface area contributed by atoms with Crippen LogP contribution in [-0.2, 0) is 9.53 Å². The lowest BCUT2D eigenvalue weighted by atomic mass is 9.96. The van der Waals surface area contributed by atoms with Gasteiger partial charge in [-0.3, -0.25) is 9.59 Å². The Kier molecular flexibility index (Phi) is 6.71. The van der Waals surface area contributed by atoms with Crippen LogP contribution in [0.25, 0.3) is 0 Å². The Morgan fingerprint density at radius 3 is 2.25 bits per heavy atom. The number of carbonyl (C=O) groups is 2. The fraction of sp³-hybridized carbons (Fsp3) is 0.412. The molecule has 0 bridgehead atoms. The van der Waals surface area contributed by atoms with Crippen LogP contribution in [0.2, 0.25) is 0 Å².